The summed E-state index contributed by atoms with van der Waals surface area (Å²) in [5, 5.41) is 0. The lowest BCUT2D eigenvalue weighted by molar-refractivity contribution is -0.840. The van der Waals surface area contributed by atoms with Crippen LogP contribution in [-0.2, 0) is 0 Å². The van der Waals surface area contributed by atoms with Gasteiger partial charge in [0.2, 0.25) is 0 Å². The Hall–Kier alpha value is 0.0249. The van der Waals surface area contributed by atoms with Crippen LogP contribution < -0.4 is 4.81 Å². The van der Waals surface area contributed by atoms with Crippen LogP contribution in [0.3, 0.4) is 0 Å². The quantitative estimate of drug-likeness (QED) is 0.622. The molecule has 0 aromatic rings. The molecule has 2 saturated carbocycles. The summed E-state index contributed by atoms with van der Waals surface area (Å²) in [5.74, 6) is 0. The molecule has 1 nitrogen and oxygen atoms in total. The topological polar surface area (TPSA) is 4.44 Å². The van der Waals surface area contributed by atoms with Gasteiger partial charge in [0.1, 0.15) is 0 Å². The zero-order valence-corrected chi connectivity index (χ0v) is 8.73. The van der Waals surface area contributed by atoms with Gasteiger partial charge in [0.05, 0.1) is 0 Å². The predicted octanol–water partition coefficient (Wildman–Crippen LogP) is 0.817. The van der Waals surface area contributed by atoms with Crippen molar-refractivity contribution in [2.75, 3.05) is 0 Å². The lowest BCUT2D eigenvalue weighted by Crippen LogP contribution is -3.18. The molecule has 0 atom stereocenters. The maximum atomic E-state index is 2.13. The number of hydrogen-bond acceptors (Lipinski definition) is 0. The summed E-state index contributed by atoms with van der Waals surface area (Å²) in [6.45, 7) is 0. The number of nitrogens with one attached hydrogen (secondary N) is 1. The fourth-order valence-corrected chi connectivity index (χ4v) is 2.87. The van der Waals surface area contributed by atoms with Crippen molar-refractivity contribution in [2.45, 2.75) is 76.3 Å². The number of rotatable bonds is 2. The van der Waals surface area contributed by atoms with Crippen LogP contribution in [0.1, 0.15) is 64.2 Å². The van der Waals surface area contributed by atoms with Crippen LogP contribution in [0, 0.1) is 0 Å². The average molecular weight is 195 g/mol. The van der Waals surface area contributed by atoms with Gasteiger partial charge in [-0.05, 0) is 51.4 Å². The summed E-state index contributed by atoms with van der Waals surface area (Å²) in [4.78, 5) is 2.13. The number of hydrogen-bond donors (Lipinski definition) is 1. The van der Waals surface area contributed by atoms with Crippen molar-refractivity contribution in [3.8, 4) is 0 Å². The summed E-state index contributed by atoms with van der Waals surface area (Å²) < 4.78 is 0. The highest BCUT2D eigenvalue weighted by atomic mass is 15.1. The van der Waals surface area contributed by atoms with Crippen LogP contribution in [0.4, 0.5) is 0 Å². The largest absolute Gasteiger partial charge is 0.528 e. The third-order valence-corrected chi connectivity index (χ3v) is 3.68. The summed E-state index contributed by atoms with van der Waals surface area (Å²) in [7, 11) is 0.526. The Bertz CT molecular complexity index is 142. The molecule has 2 rings (SSSR count). The minimum atomic E-state index is 0.526. The molecule has 2 fully saturated rings. The van der Waals surface area contributed by atoms with Crippen molar-refractivity contribution in [1.29, 1.82) is 0 Å². The molecule has 2 heteroatoms. The second kappa shape index (κ2) is 5.20. The van der Waals surface area contributed by atoms with Gasteiger partial charge in [-0.25, -0.2) is 0 Å². The standard InChI is InChI=1S/C12H26BN/c13-14(11-7-3-1-4-8-11)12-9-5-2-6-10-12/h11-12,14H,1-10H2,13H3. The van der Waals surface area contributed by atoms with Crippen molar-refractivity contribution in [1.82, 2.24) is 0 Å². The van der Waals surface area contributed by atoms with Gasteiger partial charge in [-0.3, -0.25) is 0 Å². The van der Waals surface area contributed by atoms with Gasteiger partial charge >= 0.3 is 0 Å². The molecule has 0 spiro atoms. The molecule has 0 saturated heterocycles. The Morgan fingerprint density at radius 3 is 1.36 bits per heavy atom. The molecule has 1 N–H and O–H groups in total. The Kier molecular flexibility index (Phi) is 3.92. The molecule has 0 radical (unpaired) electrons. The minimum absolute atomic E-state index is 0.526. The molecule has 0 bridgehead atoms. The van der Waals surface area contributed by atoms with E-state index in [1.54, 1.807) is 25.7 Å². The second-order valence-electron chi connectivity index (χ2n) is 4.84. The summed E-state index contributed by atoms with van der Waals surface area (Å²) >= 11 is 0. The van der Waals surface area contributed by atoms with Gasteiger partial charge in [-0.2, -0.15) is 0 Å². The first kappa shape index (κ1) is 10.5. The zero-order valence-electron chi connectivity index (χ0n) is 8.73. The van der Waals surface area contributed by atoms with E-state index in [0.29, 0.717) is 7.98 Å². The van der Waals surface area contributed by atoms with E-state index >= 15 is 0 Å². The average Bonchev–Trinajstić information content (AvgIpc) is 2.30. The second-order valence-corrected chi connectivity index (χ2v) is 4.84. The molecule has 0 amide bonds. The fourth-order valence-electron chi connectivity index (χ4n) is 2.87. The van der Waals surface area contributed by atoms with Crippen molar-refractivity contribution in [3.05, 3.63) is 0 Å². The maximum absolute atomic E-state index is 2.13. The van der Waals surface area contributed by atoms with E-state index in [4.69, 9.17) is 0 Å². The normalized spacial score (nSPS) is 27.0. The van der Waals surface area contributed by atoms with E-state index in [2.05, 4.69) is 4.81 Å². The van der Waals surface area contributed by atoms with Gasteiger partial charge in [0.25, 0.3) is 0 Å². The molecular formula is C12H26BN. The first-order valence-corrected chi connectivity index (χ1v) is 6.21. The monoisotopic (exact) mass is 195 g/mol. The van der Waals surface area contributed by atoms with Crippen LogP contribution in [-0.4, -0.2) is 20.1 Å². The molecule has 14 heavy (non-hydrogen) atoms. The van der Waals surface area contributed by atoms with Gasteiger partial charge in [0.15, 0.2) is 7.98 Å². The highest BCUT2D eigenvalue weighted by Crippen LogP contribution is 2.19. The van der Waals surface area contributed by atoms with Gasteiger partial charge < -0.3 is 4.81 Å². The van der Waals surface area contributed by atoms with Gasteiger partial charge in [-0.15, -0.1) is 0 Å². The Morgan fingerprint density at radius 1 is 0.643 bits per heavy atom. The van der Waals surface area contributed by atoms with Crippen LogP contribution in [0.15, 0.2) is 0 Å². The van der Waals surface area contributed by atoms with E-state index in [0.717, 1.165) is 12.1 Å². The third kappa shape index (κ3) is 2.53. The van der Waals surface area contributed by atoms with Crippen molar-refractivity contribution in [2.24, 2.45) is 0 Å². The van der Waals surface area contributed by atoms with Crippen molar-refractivity contribution < 1.29 is 4.81 Å². The van der Waals surface area contributed by atoms with Crippen molar-refractivity contribution >= 4 is 7.98 Å². The summed E-state index contributed by atoms with van der Waals surface area (Å²) in [6, 6.07) is 2.23. The SMILES string of the molecule is [BH3-][NH+](C1CCCCC1)C1CCCCC1. The highest BCUT2D eigenvalue weighted by Gasteiger charge is 2.24. The lowest BCUT2D eigenvalue weighted by atomic mass is 9.86. The Balaban J connectivity index is 1.82. The van der Waals surface area contributed by atoms with E-state index in [1.165, 1.54) is 38.5 Å². The first-order valence-electron chi connectivity index (χ1n) is 6.21. The predicted molar refractivity (Wildman–Crippen MR) is 64.6 cm³/mol. The van der Waals surface area contributed by atoms with Crippen LogP contribution in [0.2, 0.25) is 0 Å². The molecular weight excluding hydrogens is 169 g/mol. The van der Waals surface area contributed by atoms with Crippen LogP contribution in [0.5, 0.6) is 0 Å². The minimum Gasteiger partial charge on any atom is -0.528 e. The maximum Gasteiger partial charge on any atom is 0.168 e. The lowest BCUT2D eigenvalue weighted by Gasteiger charge is -2.42. The Morgan fingerprint density at radius 2 is 1.00 bits per heavy atom. The third-order valence-electron chi connectivity index (χ3n) is 3.68. The van der Waals surface area contributed by atoms with Crippen LogP contribution >= 0.6 is 0 Å². The highest BCUT2D eigenvalue weighted by molar-refractivity contribution is 5.95. The molecule has 0 aromatic carbocycles. The fraction of sp³-hybridized carbons (Fsp3) is 1.00. The van der Waals surface area contributed by atoms with Gasteiger partial charge in [0, 0.05) is 12.1 Å². The molecule has 0 aromatic heterocycles. The van der Waals surface area contributed by atoms with Crippen LogP contribution in [0.25, 0.3) is 0 Å². The summed E-state index contributed by atoms with van der Waals surface area (Å²) in [6.07, 6.45) is 15.4. The first-order chi connectivity index (χ1) is 6.88. The molecule has 0 unspecified atom stereocenters. The smallest absolute Gasteiger partial charge is 0.168 e. The molecule has 82 valence electrons. The van der Waals surface area contributed by atoms with E-state index in [9.17, 15) is 0 Å². The number of quaternary nitrogens is 1. The van der Waals surface area contributed by atoms with E-state index in [-0.39, 0.29) is 0 Å². The van der Waals surface area contributed by atoms with E-state index < -0.39 is 0 Å². The molecule has 0 aliphatic heterocycles. The van der Waals surface area contributed by atoms with Crippen molar-refractivity contribution in [3.63, 3.8) is 0 Å². The molecule has 2 aliphatic carbocycles. The summed E-state index contributed by atoms with van der Waals surface area (Å²) in [5.41, 5.74) is 0. The Labute approximate surface area is 89.7 Å². The molecule has 2 aliphatic rings. The molecule has 0 heterocycles. The zero-order chi connectivity index (χ0) is 9.80. The van der Waals surface area contributed by atoms with E-state index in [1.807, 2.05) is 0 Å². The van der Waals surface area contributed by atoms with Gasteiger partial charge in [-0.1, -0.05) is 12.8 Å².